The lowest BCUT2D eigenvalue weighted by molar-refractivity contribution is -0.140. The first-order valence-corrected chi connectivity index (χ1v) is 10.4. The molecule has 0 atom stereocenters. The van der Waals surface area contributed by atoms with Crippen molar-refractivity contribution in [3.8, 4) is 0 Å². The Bertz CT molecular complexity index is 603. The van der Waals surface area contributed by atoms with Crippen LogP contribution in [0.4, 0.5) is 0 Å². The molecule has 1 aliphatic heterocycles. The molecular formula is C19H34N4O8. The summed E-state index contributed by atoms with van der Waals surface area (Å²) in [6, 6.07) is 0. The van der Waals surface area contributed by atoms with E-state index in [4.69, 9.17) is 15.3 Å². The molecule has 1 heterocycles. The molecule has 0 bridgehead atoms. The van der Waals surface area contributed by atoms with Crippen LogP contribution < -0.4 is 0 Å². The molecule has 0 aliphatic carbocycles. The van der Waals surface area contributed by atoms with Crippen molar-refractivity contribution in [2.24, 2.45) is 0 Å². The van der Waals surface area contributed by atoms with E-state index in [1.165, 1.54) is 0 Å². The van der Waals surface area contributed by atoms with Crippen LogP contribution >= 0.6 is 0 Å². The Kier molecular flexibility index (Phi) is 12.7. The third kappa shape index (κ3) is 13.6. The normalized spacial score (nSPS) is 19.5. The molecule has 31 heavy (non-hydrogen) atoms. The van der Waals surface area contributed by atoms with E-state index < -0.39 is 23.9 Å². The second kappa shape index (κ2) is 14.7. The highest BCUT2D eigenvalue weighted by atomic mass is 16.4. The lowest BCUT2D eigenvalue weighted by Gasteiger charge is -2.30. The van der Waals surface area contributed by atoms with E-state index in [2.05, 4.69) is 0 Å². The summed E-state index contributed by atoms with van der Waals surface area (Å²) in [5.41, 5.74) is 0. The van der Waals surface area contributed by atoms with Crippen molar-refractivity contribution >= 4 is 23.9 Å². The zero-order valence-electron chi connectivity index (χ0n) is 17.8. The number of hydrogen-bond acceptors (Lipinski definition) is 8. The summed E-state index contributed by atoms with van der Waals surface area (Å²) in [5.74, 6) is -3.79. The fourth-order valence-electron chi connectivity index (χ4n) is 3.57. The quantitative estimate of drug-likeness (QED) is 0.332. The highest BCUT2D eigenvalue weighted by molar-refractivity contribution is 5.69. The summed E-state index contributed by atoms with van der Waals surface area (Å²) in [7, 11) is 0. The number of carboxylic acids is 4. The lowest BCUT2D eigenvalue weighted by atomic mass is 10.2. The van der Waals surface area contributed by atoms with Crippen LogP contribution in [0.25, 0.3) is 0 Å². The SMILES string of the molecule is O=C(O)CCN1CCCN(CC(=O)O)CCN(CC(=O)O)CCCN(CC(=O)O)CC1. The number of hydrogen-bond donors (Lipinski definition) is 4. The maximum atomic E-state index is 11.2. The summed E-state index contributed by atoms with van der Waals surface area (Å²) < 4.78 is 0. The first-order valence-electron chi connectivity index (χ1n) is 10.4. The van der Waals surface area contributed by atoms with Gasteiger partial charge in [-0.2, -0.15) is 0 Å². The number of aliphatic carboxylic acids is 4. The molecule has 1 fully saturated rings. The van der Waals surface area contributed by atoms with Crippen LogP contribution in [0.2, 0.25) is 0 Å². The van der Waals surface area contributed by atoms with E-state index in [-0.39, 0.29) is 26.1 Å². The third-order valence-electron chi connectivity index (χ3n) is 5.08. The molecule has 1 aliphatic rings. The molecule has 0 spiro atoms. The van der Waals surface area contributed by atoms with E-state index in [1.807, 2.05) is 4.90 Å². The zero-order valence-corrected chi connectivity index (χ0v) is 17.8. The molecule has 0 aromatic carbocycles. The number of carboxylic acid groups (broad SMARTS) is 4. The minimum Gasteiger partial charge on any atom is -0.481 e. The van der Waals surface area contributed by atoms with Crippen LogP contribution in [0.1, 0.15) is 19.3 Å². The molecule has 0 aromatic rings. The van der Waals surface area contributed by atoms with Crippen molar-refractivity contribution in [1.29, 1.82) is 0 Å². The van der Waals surface area contributed by atoms with Gasteiger partial charge in [-0.3, -0.25) is 33.9 Å². The van der Waals surface area contributed by atoms with E-state index >= 15 is 0 Å². The first-order chi connectivity index (χ1) is 14.7. The summed E-state index contributed by atoms with van der Waals surface area (Å²) >= 11 is 0. The van der Waals surface area contributed by atoms with Gasteiger partial charge < -0.3 is 25.3 Å². The van der Waals surface area contributed by atoms with Gasteiger partial charge in [0.1, 0.15) is 0 Å². The van der Waals surface area contributed by atoms with Gasteiger partial charge in [-0.05, 0) is 19.4 Å². The van der Waals surface area contributed by atoms with Gasteiger partial charge in [0.25, 0.3) is 0 Å². The first kappa shape index (κ1) is 26.8. The largest absolute Gasteiger partial charge is 0.481 e. The Morgan fingerprint density at radius 2 is 0.806 bits per heavy atom. The van der Waals surface area contributed by atoms with E-state index in [0.717, 1.165) is 0 Å². The second-order valence-corrected chi connectivity index (χ2v) is 7.70. The van der Waals surface area contributed by atoms with Gasteiger partial charge in [-0.25, -0.2) is 0 Å². The third-order valence-corrected chi connectivity index (χ3v) is 5.08. The smallest absolute Gasteiger partial charge is 0.317 e. The van der Waals surface area contributed by atoms with Crippen molar-refractivity contribution in [3.05, 3.63) is 0 Å². The molecule has 0 aromatic heterocycles. The molecule has 178 valence electrons. The molecule has 0 saturated carbocycles. The Morgan fingerprint density at radius 3 is 1.13 bits per heavy atom. The summed E-state index contributed by atoms with van der Waals surface area (Å²) in [6.45, 7) is 3.57. The molecule has 0 radical (unpaired) electrons. The summed E-state index contributed by atoms with van der Waals surface area (Å²) in [6.07, 6.45) is 1.15. The maximum Gasteiger partial charge on any atom is 0.317 e. The zero-order chi connectivity index (χ0) is 23.2. The average Bonchev–Trinajstić information content (AvgIpc) is 2.64. The van der Waals surface area contributed by atoms with Gasteiger partial charge in [0, 0.05) is 52.4 Å². The molecule has 1 rings (SSSR count). The van der Waals surface area contributed by atoms with Crippen molar-refractivity contribution in [2.75, 3.05) is 78.5 Å². The fourth-order valence-corrected chi connectivity index (χ4v) is 3.57. The number of nitrogens with zero attached hydrogens (tertiary/aromatic N) is 4. The topological polar surface area (TPSA) is 162 Å². The Morgan fingerprint density at radius 1 is 0.484 bits per heavy atom. The Hall–Kier alpha value is -2.28. The minimum atomic E-state index is -0.970. The predicted molar refractivity (Wildman–Crippen MR) is 110 cm³/mol. The van der Waals surface area contributed by atoms with Crippen LogP contribution in [-0.4, -0.2) is 142 Å². The monoisotopic (exact) mass is 446 g/mol. The molecule has 12 heteroatoms. The van der Waals surface area contributed by atoms with Crippen LogP contribution in [0.5, 0.6) is 0 Å². The van der Waals surface area contributed by atoms with Crippen molar-refractivity contribution in [1.82, 2.24) is 19.6 Å². The second-order valence-electron chi connectivity index (χ2n) is 7.70. The minimum absolute atomic E-state index is 0.0259. The van der Waals surface area contributed by atoms with Gasteiger partial charge in [0.15, 0.2) is 0 Å². The van der Waals surface area contributed by atoms with Gasteiger partial charge in [-0.15, -0.1) is 0 Å². The highest BCUT2D eigenvalue weighted by Crippen LogP contribution is 2.04. The summed E-state index contributed by atoms with van der Waals surface area (Å²) in [5, 5.41) is 36.5. The molecule has 12 nitrogen and oxygen atoms in total. The van der Waals surface area contributed by atoms with Gasteiger partial charge in [0.2, 0.25) is 0 Å². The average molecular weight is 447 g/mol. The highest BCUT2D eigenvalue weighted by Gasteiger charge is 2.18. The maximum absolute atomic E-state index is 11.2. The predicted octanol–water partition coefficient (Wildman–Crippen LogP) is -1.28. The van der Waals surface area contributed by atoms with Crippen molar-refractivity contribution in [2.45, 2.75) is 19.3 Å². The van der Waals surface area contributed by atoms with E-state index in [1.54, 1.807) is 14.7 Å². The molecule has 4 N–H and O–H groups in total. The van der Waals surface area contributed by atoms with Crippen molar-refractivity contribution < 1.29 is 39.6 Å². The molecule has 1 saturated heterocycles. The van der Waals surface area contributed by atoms with Crippen LogP contribution in [0.3, 0.4) is 0 Å². The molecule has 0 unspecified atom stereocenters. The van der Waals surface area contributed by atoms with Gasteiger partial charge in [0.05, 0.1) is 26.1 Å². The Labute approximate surface area is 181 Å². The molecule has 0 amide bonds. The van der Waals surface area contributed by atoms with E-state index in [0.29, 0.717) is 71.7 Å². The standard InChI is InChI=1S/C19H34N4O8/c24-16(25)3-8-20-4-1-5-22(14-18(28)29)11-12-23(15-19(30)31)7-2-6-21(10-9-20)13-17(26)27/h1-15H2,(H,24,25)(H,26,27)(H,28,29)(H,30,31). The Balaban J connectivity index is 2.87. The van der Waals surface area contributed by atoms with E-state index in [9.17, 15) is 24.3 Å². The van der Waals surface area contributed by atoms with Crippen LogP contribution in [0.15, 0.2) is 0 Å². The summed E-state index contributed by atoms with van der Waals surface area (Å²) in [4.78, 5) is 51.8. The lowest BCUT2D eigenvalue weighted by Crippen LogP contribution is -2.44. The van der Waals surface area contributed by atoms with Crippen LogP contribution in [0, 0.1) is 0 Å². The number of carbonyl (C=O) groups is 4. The van der Waals surface area contributed by atoms with Crippen molar-refractivity contribution in [3.63, 3.8) is 0 Å². The van der Waals surface area contributed by atoms with Gasteiger partial charge >= 0.3 is 23.9 Å². The fraction of sp³-hybridized carbons (Fsp3) is 0.789. The van der Waals surface area contributed by atoms with Gasteiger partial charge in [-0.1, -0.05) is 0 Å². The van der Waals surface area contributed by atoms with Crippen LogP contribution in [-0.2, 0) is 19.2 Å². The molecular weight excluding hydrogens is 412 g/mol. The number of rotatable bonds is 9.